The van der Waals surface area contributed by atoms with Crippen LogP contribution in [-0.2, 0) is 35.0 Å². The van der Waals surface area contributed by atoms with E-state index < -0.39 is 37.9 Å². The van der Waals surface area contributed by atoms with Crippen LogP contribution in [0.5, 0.6) is 0 Å². The molecule has 246 valence electrons. The van der Waals surface area contributed by atoms with Crippen molar-refractivity contribution in [2.75, 3.05) is 78.7 Å². The van der Waals surface area contributed by atoms with E-state index in [1.165, 1.54) is 0 Å². The normalized spacial score (nSPS) is 18.0. The zero-order chi connectivity index (χ0) is 32.4. The number of benzene rings is 1. The molecule has 1 atom stereocenters. The van der Waals surface area contributed by atoms with Gasteiger partial charge in [-0.3, -0.25) is 38.5 Å². The molecule has 1 unspecified atom stereocenters. The van der Waals surface area contributed by atoms with Crippen molar-refractivity contribution >= 4 is 32.5 Å². The molecule has 1 aromatic carbocycles. The Bertz CT molecular complexity index is 1070. The number of aliphatic carboxylic acids is 3. The minimum Gasteiger partial charge on any atom is -0.480 e. The van der Waals surface area contributed by atoms with E-state index in [4.69, 9.17) is 9.47 Å². The molecule has 0 aromatic heterocycles. The highest BCUT2D eigenvalue weighted by Gasteiger charge is 2.40. The van der Waals surface area contributed by atoms with Gasteiger partial charge in [-0.1, -0.05) is 30.3 Å². The number of amides is 1. The van der Waals surface area contributed by atoms with Gasteiger partial charge in [-0.05, 0) is 25.3 Å². The summed E-state index contributed by atoms with van der Waals surface area (Å²) in [5.74, 6) is -3.14. The largest absolute Gasteiger partial charge is 0.480 e. The number of alkyl carbamates (subject to hydrolysis) is 1. The van der Waals surface area contributed by atoms with Gasteiger partial charge < -0.3 is 30.1 Å². The molecule has 1 amide bonds. The molecule has 2 rings (SSSR count). The SMILES string of the molecule is CCOC(CCCNC(=O)OCc1ccccc1)(P=O)N1CCN(CC(=O)O)CCCN(CC(=O)O)CCN(CC(=O)O)C1. The Balaban J connectivity index is 2.21. The maximum Gasteiger partial charge on any atom is 0.407 e. The van der Waals surface area contributed by atoms with Gasteiger partial charge in [-0.15, -0.1) is 0 Å². The van der Waals surface area contributed by atoms with Crippen molar-refractivity contribution in [2.24, 2.45) is 0 Å². The summed E-state index contributed by atoms with van der Waals surface area (Å²) in [6, 6.07) is 9.22. The molecule has 0 spiro atoms. The Morgan fingerprint density at radius 2 is 1.43 bits per heavy atom. The van der Waals surface area contributed by atoms with Crippen molar-refractivity contribution in [1.29, 1.82) is 0 Å². The number of carboxylic acid groups (broad SMARTS) is 3. The molecule has 0 aliphatic carbocycles. The number of hydrogen-bond acceptors (Lipinski definition) is 11. The first-order valence-corrected chi connectivity index (χ1v) is 15.4. The first kappa shape index (κ1) is 37.0. The van der Waals surface area contributed by atoms with Gasteiger partial charge in [0.1, 0.15) is 6.61 Å². The van der Waals surface area contributed by atoms with Crippen molar-refractivity contribution in [3.05, 3.63) is 35.9 Å². The van der Waals surface area contributed by atoms with Crippen LogP contribution < -0.4 is 5.32 Å². The van der Waals surface area contributed by atoms with Gasteiger partial charge in [0.05, 0.1) is 26.3 Å². The van der Waals surface area contributed by atoms with E-state index >= 15 is 0 Å². The van der Waals surface area contributed by atoms with Crippen molar-refractivity contribution in [1.82, 2.24) is 24.9 Å². The molecule has 0 bridgehead atoms. The van der Waals surface area contributed by atoms with Crippen LogP contribution in [0.15, 0.2) is 30.3 Å². The Labute approximate surface area is 258 Å². The lowest BCUT2D eigenvalue weighted by Gasteiger charge is -2.42. The predicted molar refractivity (Wildman–Crippen MR) is 159 cm³/mol. The summed E-state index contributed by atoms with van der Waals surface area (Å²) in [6.07, 6.45) is 0.429. The Hall–Kier alpha value is -3.20. The molecule has 4 N–H and O–H groups in total. The average Bonchev–Trinajstić information content (AvgIpc) is 2.97. The number of carbonyl (C=O) groups excluding carboxylic acids is 1. The van der Waals surface area contributed by atoms with Crippen LogP contribution in [-0.4, -0.2) is 143 Å². The third kappa shape index (κ3) is 14.1. The van der Waals surface area contributed by atoms with Gasteiger partial charge in [-0.2, -0.15) is 0 Å². The Morgan fingerprint density at radius 1 is 0.864 bits per heavy atom. The average molecular weight is 642 g/mol. The smallest absolute Gasteiger partial charge is 0.407 e. The van der Waals surface area contributed by atoms with E-state index in [9.17, 15) is 39.1 Å². The van der Waals surface area contributed by atoms with Crippen LogP contribution in [0.4, 0.5) is 4.79 Å². The molecule has 15 nitrogen and oxygen atoms in total. The second-order valence-electron chi connectivity index (χ2n) is 10.4. The lowest BCUT2D eigenvalue weighted by atomic mass is 10.2. The zero-order valence-electron chi connectivity index (χ0n) is 25.1. The third-order valence-electron chi connectivity index (χ3n) is 6.99. The predicted octanol–water partition coefficient (Wildman–Crippen LogP) is 1.50. The zero-order valence-corrected chi connectivity index (χ0v) is 26.0. The molecular weight excluding hydrogens is 597 g/mol. The van der Waals surface area contributed by atoms with Crippen LogP contribution in [0.25, 0.3) is 0 Å². The first-order valence-electron chi connectivity index (χ1n) is 14.6. The molecule has 1 aromatic rings. The quantitative estimate of drug-likeness (QED) is 0.150. The first-order chi connectivity index (χ1) is 21.1. The molecule has 0 radical (unpaired) electrons. The van der Waals surface area contributed by atoms with Gasteiger partial charge in [0.2, 0.25) is 13.9 Å². The molecule has 1 fully saturated rings. The fourth-order valence-corrected chi connectivity index (χ4v) is 5.65. The molecule has 44 heavy (non-hydrogen) atoms. The van der Waals surface area contributed by atoms with Gasteiger partial charge >= 0.3 is 24.0 Å². The summed E-state index contributed by atoms with van der Waals surface area (Å²) in [6.45, 7) is 3.12. The van der Waals surface area contributed by atoms with Crippen molar-refractivity contribution in [2.45, 2.75) is 38.3 Å². The standard InChI is InChI=1S/C28H44N5O10P/c1-2-43-28(44-41,10-6-11-29-27(40)42-21-23-8-4-3-5-9-23)33-17-16-31(19-25(36)37)13-7-12-30(18-24(34)35)14-15-32(22-33)20-26(38)39/h3-5,8-9H,2,6-7,10-22H2,1H3,(H,29,40)(H,34,35)(H,36,37)(H,38,39). The fraction of sp³-hybridized carbons (Fsp3) is 0.643. The fourth-order valence-electron chi connectivity index (χ4n) is 4.94. The summed E-state index contributed by atoms with van der Waals surface area (Å²) < 4.78 is 24.1. The number of rotatable bonds is 16. The Morgan fingerprint density at radius 3 is 2.00 bits per heavy atom. The monoisotopic (exact) mass is 641 g/mol. The van der Waals surface area contributed by atoms with E-state index in [0.29, 0.717) is 25.9 Å². The van der Waals surface area contributed by atoms with E-state index in [0.717, 1.165) is 5.56 Å². The van der Waals surface area contributed by atoms with E-state index in [1.54, 1.807) is 26.5 Å². The summed E-state index contributed by atoms with van der Waals surface area (Å²) in [5, 5.41) is 31.1. The van der Waals surface area contributed by atoms with Crippen LogP contribution in [0.3, 0.4) is 0 Å². The molecular formula is C28H44N5O10P. The molecule has 1 heterocycles. The summed E-state index contributed by atoms with van der Waals surface area (Å²) >= 11 is 0. The lowest BCUT2D eigenvalue weighted by Crippen LogP contribution is -2.56. The van der Waals surface area contributed by atoms with Crippen LogP contribution >= 0.6 is 8.46 Å². The minimum absolute atomic E-state index is 0.00983. The molecule has 1 aliphatic heterocycles. The van der Waals surface area contributed by atoms with Crippen molar-refractivity contribution < 1.29 is 48.5 Å². The number of hydrogen-bond donors (Lipinski definition) is 4. The van der Waals surface area contributed by atoms with Crippen molar-refractivity contribution in [3.8, 4) is 0 Å². The lowest BCUT2D eigenvalue weighted by molar-refractivity contribution is -0.144. The highest BCUT2D eigenvalue weighted by molar-refractivity contribution is 7.25. The number of nitrogens with one attached hydrogen (secondary N) is 1. The second-order valence-corrected chi connectivity index (χ2v) is 11.3. The van der Waals surface area contributed by atoms with Crippen LogP contribution in [0.2, 0.25) is 0 Å². The summed E-state index contributed by atoms with van der Waals surface area (Å²) in [4.78, 5) is 53.7. The van der Waals surface area contributed by atoms with Crippen LogP contribution in [0.1, 0.15) is 31.7 Å². The Kier molecular flexibility index (Phi) is 16.8. The topological polar surface area (TPSA) is 189 Å². The number of carboxylic acids is 3. The number of carbonyl (C=O) groups is 4. The summed E-state index contributed by atoms with van der Waals surface area (Å²) in [7, 11) is -0.390. The molecule has 1 aliphatic rings. The van der Waals surface area contributed by atoms with Crippen molar-refractivity contribution in [3.63, 3.8) is 0 Å². The van der Waals surface area contributed by atoms with Crippen LogP contribution in [0, 0.1) is 0 Å². The maximum atomic E-state index is 12.8. The molecule has 16 heteroatoms. The highest BCUT2D eigenvalue weighted by Crippen LogP contribution is 2.34. The number of ether oxygens (including phenoxy) is 2. The maximum absolute atomic E-state index is 12.8. The molecule has 0 saturated carbocycles. The summed E-state index contributed by atoms with van der Waals surface area (Å²) in [5.41, 5.74) is -0.562. The second kappa shape index (κ2) is 20.0. The number of nitrogens with zero attached hydrogens (tertiary/aromatic N) is 4. The third-order valence-corrected chi connectivity index (χ3v) is 7.91. The van der Waals surface area contributed by atoms with E-state index in [-0.39, 0.29) is 78.7 Å². The van der Waals surface area contributed by atoms with Gasteiger partial charge in [0.15, 0.2) is 0 Å². The van der Waals surface area contributed by atoms with E-state index in [2.05, 4.69) is 5.32 Å². The van der Waals surface area contributed by atoms with Gasteiger partial charge in [-0.25, -0.2) is 4.79 Å². The van der Waals surface area contributed by atoms with E-state index in [1.807, 2.05) is 30.3 Å². The van der Waals surface area contributed by atoms with Gasteiger partial charge in [0.25, 0.3) is 0 Å². The minimum atomic E-state index is -1.40. The molecule has 1 saturated heterocycles. The van der Waals surface area contributed by atoms with Gasteiger partial charge in [0, 0.05) is 58.8 Å². The highest BCUT2D eigenvalue weighted by atomic mass is 31.1.